The third-order valence-electron chi connectivity index (χ3n) is 4.81. The topological polar surface area (TPSA) is 234 Å². The van der Waals surface area contributed by atoms with E-state index in [1.54, 1.807) is 30.3 Å². The van der Waals surface area contributed by atoms with E-state index in [0.717, 1.165) is 5.56 Å². The SMILES string of the molecule is CC(O)C(NC(=O)C(CCC(N)=O)NC(=O)C(N)Cc1ccccc1)C(=O)NC(CO)C(=O)O. The summed E-state index contributed by atoms with van der Waals surface area (Å²) in [4.78, 5) is 60.0. The Hall–Kier alpha value is -3.55. The van der Waals surface area contributed by atoms with Gasteiger partial charge in [0.1, 0.15) is 18.1 Å². The first kappa shape index (κ1) is 28.5. The van der Waals surface area contributed by atoms with E-state index in [9.17, 15) is 29.1 Å². The van der Waals surface area contributed by atoms with Gasteiger partial charge >= 0.3 is 5.97 Å². The van der Waals surface area contributed by atoms with Crippen LogP contribution in [0.2, 0.25) is 0 Å². The number of aliphatic hydroxyl groups excluding tert-OH is 2. The summed E-state index contributed by atoms with van der Waals surface area (Å²) >= 11 is 0. The molecule has 10 N–H and O–H groups in total. The number of aliphatic hydroxyl groups is 2. The summed E-state index contributed by atoms with van der Waals surface area (Å²) < 4.78 is 0. The standard InChI is InChI=1S/C21H31N5O8/c1-11(28)17(20(32)25-15(10-27)21(33)34)26-19(31)14(7-8-16(23)29)24-18(30)13(22)9-12-5-3-2-4-6-12/h2-6,11,13-15,17,27-28H,7-10,22H2,1H3,(H2,23,29)(H,24,30)(H,25,32)(H,26,31)(H,33,34). The number of nitrogens with one attached hydrogen (secondary N) is 3. The Morgan fingerprint density at radius 1 is 0.941 bits per heavy atom. The van der Waals surface area contributed by atoms with Gasteiger partial charge in [0.2, 0.25) is 23.6 Å². The highest BCUT2D eigenvalue weighted by atomic mass is 16.4. The number of carbonyl (C=O) groups is 5. The molecular formula is C21H31N5O8. The Balaban J connectivity index is 2.93. The molecule has 1 rings (SSSR count). The Labute approximate surface area is 195 Å². The minimum atomic E-state index is -1.66. The largest absolute Gasteiger partial charge is 0.480 e. The number of carboxylic acids is 1. The van der Waals surface area contributed by atoms with Crippen molar-refractivity contribution < 1.29 is 39.3 Å². The molecule has 0 aliphatic heterocycles. The van der Waals surface area contributed by atoms with Gasteiger partial charge in [-0.1, -0.05) is 30.3 Å². The van der Waals surface area contributed by atoms with Crippen LogP contribution >= 0.6 is 0 Å². The second kappa shape index (κ2) is 13.9. The number of carbonyl (C=O) groups excluding carboxylic acids is 4. The van der Waals surface area contributed by atoms with E-state index in [1.165, 1.54) is 6.92 Å². The molecule has 0 saturated heterocycles. The van der Waals surface area contributed by atoms with E-state index in [-0.39, 0.29) is 19.3 Å². The molecule has 0 aliphatic rings. The number of aliphatic carboxylic acids is 1. The fourth-order valence-electron chi connectivity index (χ4n) is 2.90. The molecule has 0 radical (unpaired) electrons. The fraction of sp³-hybridized carbons (Fsp3) is 0.476. The maximum absolute atomic E-state index is 12.8. The molecule has 34 heavy (non-hydrogen) atoms. The van der Waals surface area contributed by atoms with Crippen LogP contribution in [0.3, 0.4) is 0 Å². The highest BCUT2D eigenvalue weighted by molar-refractivity contribution is 5.94. The van der Waals surface area contributed by atoms with Gasteiger partial charge in [-0.3, -0.25) is 19.2 Å². The van der Waals surface area contributed by atoms with Crippen molar-refractivity contribution in [2.75, 3.05) is 6.61 Å². The number of primary amides is 1. The minimum absolute atomic E-state index is 0.174. The molecule has 0 saturated carbocycles. The second-order valence-electron chi connectivity index (χ2n) is 7.67. The quantitative estimate of drug-likeness (QED) is 0.133. The summed E-state index contributed by atoms with van der Waals surface area (Å²) in [6, 6.07) is 3.25. The van der Waals surface area contributed by atoms with Crippen molar-refractivity contribution >= 4 is 29.6 Å². The molecule has 5 atom stereocenters. The van der Waals surface area contributed by atoms with Crippen molar-refractivity contribution in [2.45, 2.75) is 56.5 Å². The normalized spacial score (nSPS) is 15.2. The van der Waals surface area contributed by atoms with Crippen molar-refractivity contribution in [1.82, 2.24) is 16.0 Å². The average Bonchev–Trinajstić information content (AvgIpc) is 2.77. The lowest BCUT2D eigenvalue weighted by Crippen LogP contribution is -2.60. The maximum atomic E-state index is 12.8. The van der Waals surface area contributed by atoms with Crippen LogP contribution in [0, 0.1) is 0 Å². The van der Waals surface area contributed by atoms with Crippen molar-refractivity contribution in [3.8, 4) is 0 Å². The number of nitrogens with two attached hydrogens (primary N) is 2. The zero-order chi connectivity index (χ0) is 25.8. The molecule has 4 amide bonds. The lowest BCUT2D eigenvalue weighted by molar-refractivity contribution is -0.144. The highest BCUT2D eigenvalue weighted by Crippen LogP contribution is 2.05. The number of rotatable bonds is 14. The molecule has 13 nitrogen and oxygen atoms in total. The summed E-state index contributed by atoms with van der Waals surface area (Å²) in [7, 11) is 0. The minimum Gasteiger partial charge on any atom is -0.480 e. The van der Waals surface area contributed by atoms with Crippen LogP contribution in [-0.2, 0) is 30.4 Å². The molecule has 0 fully saturated rings. The molecule has 0 bridgehead atoms. The smallest absolute Gasteiger partial charge is 0.328 e. The van der Waals surface area contributed by atoms with Gasteiger partial charge in [-0.25, -0.2) is 4.79 Å². The van der Waals surface area contributed by atoms with Crippen molar-refractivity contribution in [1.29, 1.82) is 0 Å². The van der Waals surface area contributed by atoms with E-state index in [1.807, 2.05) is 5.32 Å². The van der Waals surface area contributed by atoms with Crippen molar-refractivity contribution in [2.24, 2.45) is 11.5 Å². The van der Waals surface area contributed by atoms with Gasteiger partial charge in [0.25, 0.3) is 0 Å². The van der Waals surface area contributed by atoms with Gasteiger partial charge in [0.05, 0.1) is 18.8 Å². The third kappa shape index (κ3) is 9.52. The monoisotopic (exact) mass is 481 g/mol. The molecule has 1 aromatic rings. The number of carboxylic acid groups (broad SMARTS) is 1. The number of amides is 4. The lowest BCUT2D eigenvalue weighted by atomic mass is 10.0. The number of hydrogen-bond donors (Lipinski definition) is 8. The number of hydrogen-bond acceptors (Lipinski definition) is 8. The summed E-state index contributed by atoms with van der Waals surface area (Å²) in [5.41, 5.74) is 11.9. The van der Waals surface area contributed by atoms with Crippen LogP contribution in [0.4, 0.5) is 0 Å². The summed E-state index contributed by atoms with van der Waals surface area (Å²) in [6.45, 7) is 0.254. The molecule has 0 aromatic heterocycles. The summed E-state index contributed by atoms with van der Waals surface area (Å²) in [5.74, 6) is -4.97. The Morgan fingerprint density at radius 2 is 1.53 bits per heavy atom. The van der Waals surface area contributed by atoms with Crippen LogP contribution in [0.5, 0.6) is 0 Å². The molecule has 1 aromatic carbocycles. The van der Waals surface area contributed by atoms with E-state index in [0.29, 0.717) is 0 Å². The Bertz CT molecular complexity index is 864. The van der Waals surface area contributed by atoms with Crippen LogP contribution in [0.25, 0.3) is 0 Å². The maximum Gasteiger partial charge on any atom is 0.328 e. The van der Waals surface area contributed by atoms with E-state index in [2.05, 4.69) is 10.6 Å². The average molecular weight is 482 g/mol. The third-order valence-corrected chi connectivity index (χ3v) is 4.81. The second-order valence-corrected chi connectivity index (χ2v) is 7.67. The van der Waals surface area contributed by atoms with E-state index < -0.39 is 66.5 Å². The van der Waals surface area contributed by atoms with Crippen molar-refractivity contribution in [3.63, 3.8) is 0 Å². The fourth-order valence-corrected chi connectivity index (χ4v) is 2.90. The molecule has 13 heteroatoms. The number of benzene rings is 1. The first-order valence-electron chi connectivity index (χ1n) is 10.5. The predicted molar refractivity (Wildman–Crippen MR) is 119 cm³/mol. The van der Waals surface area contributed by atoms with Crippen LogP contribution < -0.4 is 27.4 Å². The van der Waals surface area contributed by atoms with Gasteiger partial charge in [-0.2, -0.15) is 0 Å². The molecule has 188 valence electrons. The summed E-state index contributed by atoms with van der Waals surface area (Å²) in [5, 5.41) is 34.6. The van der Waals surface area contributed by atoms with Gasteiger partial charge in [0.15, 0.2) is 0 Å². The van der Waals surface area contributed by atoms with Gasteiger partial charge in [-0.05, 0) is 25.3 Å². The van der Waals surface area contributed by atoms with Gasteiger partial charge in [-0.15, -0.1) is 0 Å². The molecular weight excluding hydrogens is 450 g/mol. The summed E-state index contributed by atoms with van der Waals surface area (Å²) in [6.07, 6.45) is -1.78. The van der Waals surface area contributed by atoms with Gasteiger partial charge in [0, 0.05) is 6.42 Å². The van der Waals surface area contributed by atoms with E-state index >= 15 is 0 Å². The zero-order valence-electron chi connectivity index (χ0n) is 18.6. The first-order valence-corrected chi connectivity index (χ1v) is 10.5. The highest BCUT2D eigenvalue weighted by Gasteiger charge is 2.32. The van der Waals surface area contributed by atoms with Crippen molar-refractivity contribution in [3.05, 3.63) is 35.9 Å². The van der Waals surface area contributed by atoms with Crippen LogP contribution in [-0.4, -0.2) is 81.8 Å². The Morgan fingerprint density at radius 3 is 2.03 bits per heavy atom. The molecule has 0 aliphatic carbocycles. The first-order chi connectivity index (χ1) is 16.0. The zero-order valence-corrected chi connectivity index (χ0v) is 18.6. The predicted octanol–water partition coefficient (Wildman–Crippen LogP) is -3.27. The van der Waals surface area contributed by atoms with E-state index in [4.69, 9.17) is 21.7 Å². The van der Waals surface area contributed by atoms with Crippen LogP contribution in [0.1, 0.15) is 25.3 Å². The lowest BCUT2D eigenvalue weighted by Gasteiger charge is -2.26. The molecule has 0 heterocycles. The molecule has 0 spiro atoms. The molecule has 5 unspecified atom stereocenters. The van der Waals surface area contributed by atoms with Crippen LogP contribution in [0.15, 0.2) is 30.3 Å². The Kier molecular flexibility index (Phi) is 11.6. The van der Waals surface area contributed by atoms with Gasteiger partial charge < -0.3 is 42.7 Å².